The van der Waals surface area contributed by atoms with Gasteiger partial charge in [0.15, 0.2) is 17.6 Å². The number of hydrogen-bond acceptors (Lipinski definition) is 6. The van der Waals surface area contributed by atoms with Gasteiger partial charge in [-0.05, 0) is 55.3 Å². The van der Waals surface area contributed by atoms with E-state index in [1.165, 1.54) is 11.0 Å². The first kappa shape index (κ1) is 21.0. The lowest BCUT2D eigenvalue weighted by Gasteiger charge is -2.29. The van der Waals surface area contributed by atoms with E-state index >= 15 is 0 Å². The Bertz CT molecular complexity index is 1210. The van der Waals surface area contributed by atoms with Crippen molar-refractivity contribution in [2.75, 3.05) is 16.6 Å². The highest BCUT2D eigenvalue weighted by Gasteiger charge is 2.60. The Morgan fingerprint density at radius 1 is 0.970 bits per heavy atom. The number of para-hydroxylation sites is 2. The Kier molecular flexibility index (Phi) is 5.26. The molecule has 2 fully saturated rings. The van der Waals surface area contributed by atoms with Gasteiger partial charge in [-0.2, -0.15) is 0 Å². The Labute approximate surface area is 191 Å². The second-order valence-corrected chi connectivity index (χ2v) is 8.12. The lowest BCUT2D eigenvalue weighted by Crippen LogP contribution is -2.37. The molecule has 3 atom stereocenters. The fourth-order valence-electron chi connectivity index (χ4n) is 4.59. The number of phenolic OH excluding ortho intramolecular Hbond substituents is 1. The van der Waals surface area contributed by atoms with Crippen molar-refractivity contribution in [3.05, 3.63) is 83.9 Å². The van der Waals surface area contributed by atoms with Gasteiger partial charge < -0.3 is 9.84 Å². The second kappa shape index (κ2) is 8.26. The van der Waals surface area contributed by atoms with Gasteiger partial charge in [-0.3, -0.25) is 14.4 Å². The van der Waals surface area contributed by atoms with E-state index in [-0.39, 0.29) is 17.6 Å². The number of hydrogen-bond donors (Lipinski definition) is 1. The third-order valence-corrected chi connectivity index (χ3v) is 6.11. The number of hydroxylamine groups is 1. The normalized spacial score (nSPS) is 22.1. The van der Waals surface area contributed by atoms with Crippen molar-refractivity contribution >= 4 is 23.2 Å². The minimum absolute atomic E-state index is 0.0117. The summed E-state index contributed by atoms with van der Waals surface area (Å²) in [4.78, 5) is 34.5. The number of imide groups is 1. The van der Waals surface area contributed by atoms with Gasteiger partial charge in [0, 0.05) is 0 Å². The quantitative estimate of drug-likeness (QED) is 0.596. The second-order valence-electron chi connectivity index (χ2n) is 8.12. The van der Waals surface area contributed by atoms with E-state index in [9.17, 15) is 14.7 Å². The van der Waals surface area contributed by atoms with Crippen LogP contribution in [-0.2, 0) is 14.4 Å². The van der Waals surface area contributed by atoms with Gasteiger partial charge in [0.1, 0.15) is 5.92 Å². The fourth-order valence-corrected chi connectivity index (χ4v) is 4.59. The van der Waals surface area contributed by atoms with Crippen LogP contribution in [0.5, 0.6) is 11.5 Å². The average Bonchev–Trinajstić information content (AvgIpc) is 3.33. The molecule has 2 amide bonds. The van der Waals surface area contributed by atoms with Crippen LogP contribution in [0, 0.1) is 12.8 Å². The number of phenols is 1. The zero-order valence-corrected chi connectivity index (χ0v) is 18.3. The monoisotopic (exact) mass is 444 g/mol. The van der Waals surface area contributed by atoms with Crippen LogP contribution in [0.3, 0.4) is 0 Å². The van der Waals surface area contributed by atoms with Crippen LogP contribution in [0.1, 0.15) is 24.1 Å². The molecule has 168 valence electrons. The standard InChI is InChI=1S/C26H24N2O5/c1-3-32-21-15-17(13-14-20(21)29)23-22-24(33-28(23)18-10-5-4-6-11-18)26(31)27(25(22)30)19-12-8-7-9-16(19)2/h4-15,22-24,29H,3H2,1-2H3/t22-,23-,24-/m0/s1. The Morgan fingerprint density at radius 3 is 2.42 bits per heavy atom. The minimum Gasteiger partial charge on any atom is -0.504 e. The smallest absolute Gasteiger partial charge is 0.266 e. The molecule has 2 heterocycles. The Balaban J connectivity index is 1.61. The van der Waals surface area contributed by atoms with Crippen LogP contribution in [0.25, 0.3) is 0 Å². The maximum absolute atomic E-state index is 13.7. The predicted octanol–water partition coefficient (Wildman–Crippen LogP) is 4.15. The predicted molar refractivity (Wildman–Crippen MR) is 123 cm³/mol. The molecule has 0 aromatic heterocycles. The van der Waals surface area contributed by atoms with Gasteiger partial charge >= 0.3 is 0 Å². The summed E-state index contributed by atoms with van der Waals surface area (Å²) < 4.78 is 5.57. The van der Waals surface area contributed by atoms with Crippen molar-refractivity contribution in [3.8, 4) is 11.5 Å². The number of aryl methyl sites for hydroxylation is 1. The highest BCUT2D eigenvalue weighted by molar-refractivity contribution is 6.24. The number of benzene rings is 3. The van der Waals surface area contributed by atoms with E-state index < -0.39 is 18.1 Å². The zero-order valence-electron chi connectivity index (χ0n) is 18.3. The molecule has 0 unspecified atom stereocenters. The summed E-state index contributed by atoms with van der Waals surface area (Å²) in [6, 6.07) is 21.1. The van der Waals surface area contributed by atoms with Crippen LogP contribution in [0.2, 0.25) is 0 Å². The SMILES string of the molecule is CCOc1cc([C@H]2[C@@H]3C(=O)N(c4ccccc4C)C(=O)[C@H]3ON2c2ccccc2)ccc1O. The van der Waals surface area contributed by atoms with Crippen LogP contribution in [0.4, 0.5) is 11.4 Å². The zero-order chi connectivity index (χ0) is 23.1. The number of nitrogens with zero attached hydrogens (tertiary/aromatic N) is 2. The number of rotatable bonds is 5. The van der Waals surface area contributed by atoms with E-state index in [0.717, 1.165) is 11.3 Å². The summed E-state index contributed by atoms with van der Waals surface area (Å²) in [5.41, 5.74) is 2.83. The molecular weight excluding hydrogens is 420 g/mol. The summed E-state index contributed by atoms with van der Waals surface area (Å²) in [6.07, 6.45) is -0.952. The van der Waals surface area contributed by atoms with Crippen molar-refractivity contribution in [2.24, 2.45) is 5.92 Å². The number of carbonyl (C=O) groups is 2. The third kappa shape index (κ3) is 3.41. The lowest BCUT2D eigenvalue weighted by atomic mass is 9.90. The Morgan fingerprint density at radius 2 is 1.70 bits per heavy atom. The van der Waals surface area contributed by atoms with E-state index in [0.29, 0.717) is 23.6 Å². The van der Waals surface area contributed by atoms with Gasteiger partial charge in [0.05, 0.1) is 24.0 Å². The van der Waals surface area contributed by atoms with Crippen molar-refractivity contribution in [2.45, 2.75) is 26.0 Å². The van der Waals surface area contributed by atoms with Crippen molar-refractivity contribution < 1.29 is 24.3 Å². The van der Waals surface area contributed by atoms with E-state index in [4.69, 9.17) is 9.57 Å². The van der Waals surface area contributed by atoms with Gasteiger partial charge in [-0.15, -0.1) is 0 Å². The van der Waals surface area contributed by atoms with E-state index in [1.54, 1.807) is 29.3 Å². The molecule has 7 nitrogen and oxygen atoms in total. The largest absolute Gasteiger partial charge is 0.504 e. The number of amides is 2. The van der Waals surface area contributed by atoms with Crippen molar-refractivity contribution in [3.63, 3.8) is 0 Å². The first-order chi connectivity index (χ1) is 16.0. The summed E-state index contributed by atoms with van der Waals surface area (Å²) in [5, 5.41) is 11.8. The Hall–Kier alpha value is -3.84. The minimum atomic E-state index is -0.952. The highest BCUT2D eigenvalue weighted by Crippen LogP contribution is 2.48. The summed E-state index contributed by atoms with van der Waals surface area (Å²) >= 11 is 0. The number of aromatic hydroxyl groups is 1. The van der Waals surface area contributed by atoms with Crippen LogP contribution < -0.4 is 14.7 Å². The molecule has 0 bridgehead atoms. The number of carbonyl (C=O) groups excluding carboxylic acids is 2. The molecule has 0 spiro atoms. The van der Waals surface area contributed by atoms with E-state index in [1.807, 2.05) is 56.3 Å². The average molecular weight is 444 g/mol. The first-order valence-electron chi connectivity index (χ1n) is 10.9. The fraction of sp³-hybridized carbons (Fsp3) is 0.231. The van der Waals surface area contributed by atoms with Crippen LogP contribution in [0.15, 0.2) is 72.8 Å². The van der Waals surface area contributed by atoms with Crippen molar-refractivity contribution in [1.29, 1.82) is 0 Å². The first-order valence-corrected chi connectivity index (χ1v) is 10.9. The molecule has 0 aliphatic carbocycles. The lowest BCUT2D eigenvalue weighted by molar-refractivity contribution is -0.126. The highest BCUT2D eigenvalue weighted by atomic mass is 16.7. The maximum atomic E-state index is 13.7. The topological polar surface area (TPSA) is 79.3 Å². The van der Waals surface area contributed by atoms with Gasteiger partial charge in [-0.1, -0.05) is 42.5 Å². The molecule has 0 saturated carbocycles. The molecule has 0 radical (unpaired) electrons. The molecule has 1 N–H and O–H groups in total. The summed E-state index contributed by atoms with van der Waals surface area (Å²) in [7, 11) is 0. The van der Waals surface area contributed by atoms with Gasteiger partial charge in [0.2, 0.25) is 5.91 Å². The molecule has 33 heavy (non-hydrogen) atoms. The molecule has 2 aliphatic rings. The summed E-state index contributed by atoms with van der Waals surface area (Å²) in [6.45, 7) is 4.08. The van der Waals surface area contributed by atoms with Crippen molar-refractivity contribution in [1.82, 2.24) is 0 Å². The van der Waals surface area contributed by atoms with Gasteiger partial charge in [-0.25, -0.2) is 9.96 Å². The number of ether oxygens (including phenoxy) is 1. The molecular formula is C26H24N2O5. The molecule has 3 aromatic rings. The third-order valence-electron chi connectivity index (χ3n) is 6.11. The van der Waals surface area contributed by atoms with Crippen LogP contribution >= 0.6 is 0 Å². The number of fused-ring (bicyclic) bond motifs is 1. The summed E-state index contributed by atoms with van der Waals surface area (Å²) in [5.74, 6) is -1.12. The maximum Gasteiger partial charge on any atom is 0.266 e. The van der Waals surface area contributed by atoms with E-state index in [2.05, 4.69) is 0 Å². The van der Waals surface area contributed by atoms with Gasteiger partial charge in [0.25, 0.3) is 5.91 Å². The molecule has 2 saturated heterocycles. The molecule has 3 aromatic carbocycles. The number of anilines is 2. The van der Waals surface area contributed by atoms with Crippen LogP contribution in [-0.4, -0.2) is 29.6 Å². The molecule has 2 aliphatic heterocycles. The molecule has 7 heteroatoms. The molecule has 5 rings (SSSR count).